The Morgan fingerprint density at radius 2 is 1.85 bits per heavy atom. The Bertz CT molecular complexity index is 1370. The molecule has 9 heteroatoms. The van der Waals surface area contributed by atoms with Crippen molar-refractivity contribution in [1.82, 2.24) is 25.1 Å². The second kappa shape index (κ2) is 8.70. The Morgan fingerprint density at radius 1 is 1.03 bits per heavy atom. The molecule has 0 aliphatic carbocycles. The first-order chi connectivity index (χ1) is 16.1. The third-order valence-electron chi connectivity index (χ3n) is 5.63. The van der Waals surface area contributed by atoms with Gasteiger partial charge in [0.2, 0.25) is 5.91 Å². The van der Waals surface area contributed by atoms with Crippen molar-refractivity contribution in [2.24, 2.45) is 0 Å². The lowest BCUT2D eigenvalue weighted by atomic mass is 10.2. The second-order valence-electron chi connectivity index (χ2n) is 7.85. The smallest absolute Gasteiger partial charge is 0.278 e. The van der Waals surface area contributed by atoms with Crippen molar-refractivity contribution in [1.29, 1.82) is 0 Å². The van der Waals surface area contributed by atoms with E-state index in [1.165, 1.54) is 12.1 Å². The summed E-state index contributed by atoms with van der Waals surface area (Å²) in [7, 11) is 0. The number of nitrogens with zero attached hydrogens (tertiary/aromatic N) is 4. The topological polar surface area (TPSA) is 113 Å². The minimum Gasteiger partial charge on any atom is -0.354 e. The maximum Gasteiger partial charge on any atom is 0.278 e. The normalized spacial score (nSPS) is 12.7. The predicted octanol–water partition coefficient (Wildman–Crippen LogP) is 1.68. The summed E-state index contributed by atoms with van der Waals surface area (Å²) in [4.78, 5) is 47.0. The van der Waals surface area contributed by atoms with Gasteiger partial charge in [0.15, 0.2) is 0 Å². The summed E-state index contributed by atoms with van der Waals surface area (Å²) in [6.45, 7) is 0.647. The summed E-state index contributed by atoms with van der Waals surface area (Å²) in [5, 5.41) is 6.93. The fraction of sp³-hybridized carbons (Fsp3) is 0.208. The number of imidazole rings is 1. The van der Waals surface area contributed by atoms with Crippen LogP contribution in [-0.4, -0.2) is 44.7 Å². The molecule has 2 N–H and O–H groups in total. The average molecular weight is 442 g/mol. The number of anilines is 1. The van der Waals surface area contributed by atoms with Gasteiger partial charge in [0.1, 0.15) is 18.1 Å². The summed E-state index contributed by atoms with van der Waals surface area (Å²) in [6.07, 6.45) is 1.30. The Morgan fingerprint density at radius 3 is 2.73 bits per heavy atom. The van der Waals surface area contributed by atoms with Gasteiger partial charge >= 0.3 is 0 Å². The second-order valence-corrected chi connectivity index (χ2v) is 7.85. The van der Waals surface area contributed by atoms with Crippen LogP contribution in [0.15, 0.2) is 65.5 Å². The number of carbonyl (C=O) groups excluding carboxylic acids is 2. The molecule has 4 aromatic rings. The Balaban J connectivity index is 1.22. The SMILES string of the molecule is O=C(Cn1nc(C(=O)N2CCc3ccccc32)ccc1=O)NCCc1nc2ccccc2[nH]1. The number of rotatable bonds is 6. The van der Waals surface area contributed by atoms with Gasteiger partial charge < -0.3 is 15.2 Å². The zero-order valence-corrected chi connectivity index (χ0v) is 17.8. The highest BCUT2D eigenvalue weighted by Gasteiger charge is 2.26. The number of hydrogen-bond acceptors (Lipinski definition) is 5. The number of amides is 2. The van der Waals surface area contributed by atoms with Gasteiger partial charge in [-0.15, -0.1) is 0 Å². The Kier molecular flexibility index (Phi) is 5.43. The summed E-state index contributed by atoms with van der Waals surface area (Å²) in [6, 6.07) is 18.1. The van der Waals surface area contributed by atoms with Crippen molar-refractivity contribution in [2.75, 3.05) is 18.0 Å². The minimum absolute atomic E-state index is 0.126. The first-order valence-electron chi connectivity index (χ1n) is 10.8. The van der Waals surface area contributed by atoms with E-state index in [1.807, 2.05) is 48.5 Å². The highest BCUT2D eigenvalue weighted by molar-refractivity contribution is 6.05. The van der Waals surface area contributed by atoms with E-state index in [-0.39, 0.29) is 24.1 Å². The van der Waals surface area contributed by atoms with Gasteiger partial charge in [-0.2, -0.15) is 5.10 Å². The van der Waals surface area contributed by atoms with Crippen LogP contribution >= 0.6 is 0 Å². The van der Waals surface area contributed by atoms with E-state index in [9.17, 15) is 14.4 Å². The molecule has 2 aromatic heterocycles. The van der Waals surface area contributed by atoms with Crippen LogP contribution in [0.3, 0.4) is 0 Å². The monoisotopic (exact) mass is 442 g/mol. The lowest BCUT2D eigenvalue weighted by Crippen LogP contribution is -2.36. The molecule has 166 valence electrons. The van der Waals surface area contributed by atoms with E-state index in [0.717, 1.165) is 39.2 Å². The molecule has 0 bridgehead atoms. The van der Waals surface area contributed by atoms with Crippen LogP contribution in [0.5, 0.6) is 0 Å². The highest BCUT2D eigenvalue weighted by atomic mass is 16.2. The number of para-hydroxylation sites is 3. The van der Waals surface area contributed by atoms with Crippen LogP contribution in [0.2, 0.25) is 0 Å². The van der Waals surface area contributed by atoms with Crippen molar-refractivity contribution in [2.45, 2.75) is 19.4 Å². The van der Waals surface area contributed by atoms with Crippen molar-refractivity contribution in [3.8, 4) is 0 Å². The number of H-pyrrole nitrogens is 1. The molecule has 2 aromatic carbocycles. The van der Waals surface area contributed by atoms with Crippen LogP contribution in [0.4, 0.5) is 5.69 Å². The first kappa shape index (κ1) is 20.6. The Labute approximate surface area is 189 Å². The number of benzene rings is 2. The van der Waals surface area contributed by atoms with Crippen molar-refractivity contribution >= 4 is 28.5 Å². The fourth-order valence-electron chi connectivity index (χ4n) is 4.00. The van der Waals surface area contributed by atoms with Gasteiger partial charge in [-0.25, -0.2) is 9.67 Å². The number of fused-ring (bicyclic) bond motifs is 2. The minimum atomic E-state index is -0.444. The first-order valence-corrected chi connectivity index (χ1v) is 10.8. The van der Waals surface area contributed by atoms with Gasteiger partial charge in [0, 0.05) is 31.3 Å². The van der Waals surface area contributed by atoms with Crippen LogP contribution in [0.25, 0.3) is 11.0 Å². The van der Waals surface area contributed by atoms with E-state index >= 15 is 0 Å². The van der Waals surface area contributed by atoms with Crippen LogP contribution in [0, 0.1) is 0 Å². The van der Waals surface area contributed by atoms with Gasteiger partial charge in [0.25, 0.3) is 11.5 Å². The molecule has 5 rings (SSSR count). The molecule has 2 amide bonds. The van der Waals surface area contributed by atoms with E-state index in [1.54, 1.807) is 4.90 Å². The largest absolute Gasteiger partial charge is 0.354 e. The molecule has 0 radical (unpaired) electrons. The third-order valence-corrected chi connectivity index (χ3v) is 5.63. The van der Waals surface area contributed by atoms with E-state index in [4.69, 9.17) is 0 Å². The molecule has 0 saturated heterocycles. The molecule has 0 atom stereocenters. The molecule has 33 heavy (non-hydrogen) atoms. The Hall–Kier alpha value is -4.27. The fourth-order valence-corrected chi connectivity index (χ4v) is 4.00. The molecular weight excluding hydrogens is 420 g/mol. The van der Waals surface area contributed by atoms with Crippen molar-refractivity contribution in [3.05, 3.63) is 88.1 Å². The number of aromatic nitrogens is 4. The summed E-state index contributed by atoms with van der Waals surface area (Å²) < 4.78 is 1.02. The maximum absolute atomic E-state index is 13.0. The molecule has 9 nitrogen and oxygen atoms in total. The standard InChI is InChI=1S/C24H22N6O3/c31-22(25-13-11-21-26-17-6-2-3-7-18(17)27-21)15-30-23(32)10-9-19(28-30)24(33)29-14-12-16-5-1-4-8-20(16)29/h1-10H,11-15H2,(H,25,31)(H,26,27). The van der Waals surface area contributed by atoms with Crippen LogP contribution in [-0.2, 0) is 24.2 Å². The molecule has 1 aliphatic rings. The lowest BCUT2D eigenvalue weighted by molar-refractivity contribution is -0.121. The van der Waals surface area contributed by atoms with E-state index in [2.05, 4.69) is 20.4 Å². The average Bonchev–Trinajstić information content (AvgIpc) is 3.44. The number of carbonyl (C=O) groups is 2. The van der Waals surface area contributed by atoms with Gasteiger partial charge in [0.05, 0.1) is 11.0 Å². The number of nitrogens with one attached hydrogen (secondary N) is 2. The van der Waals surface area contributed by atoms with E-state index in [0.29, 0.717) is 19.5 Å². The lowest BCUT2D eigenvalue weighted by Gasteiger charge is -2.17. The highest BCUT2D eigenvalue weighted by Crippen LogP contribution is 2.28. The number of aromatic amines is 1. The number of hydrogen-bond donors (Lipinski definition) is 2. The zero-order chi connectivity index (χ0) is 22.8. The van der Waals surface area contributed by atoms with Gasteiger partial charge in [-0.3, -0.25) is 14.4 Å². The molecule has 0 spiro atoms. The molecule has 0 unspecified atom stereocenters. The summed E-state index contributed by atoms with van der Waals surface area (Å²) >= 11 is 0. The molecular formula is C24H22N6O3. The third kappa shape index (κ3) is 4.25. The van der Waals surface area contributed by atoms with Crippen molar-refractivity contribution in [3.63, 3.8) is 0 Å². The molecule has 0 fully saturated rings. The molecule has 3 heterocycles. The van der Waals surface area contributed by atoms with Gasteiger partial charge in [-0.1, -0.05) is 30.3 Å². The van der Waals surface area contributed by atoms with Crippen LogP contribution < -0.4 is 15.8 Å². The van der Waals surface area contributed by atoms with Gasteiger partial charge in [-0.05, 0) is 36.2 Å². The zero-order valence-electron chi connectivity index (χ0n) is 17.8. The summed E-state index contributed by atoms with van der Waals surface area (Å²) in [5.41, 5.74) is 3.45. The summed E-state index contributed by atoms with van der Waals surface area (Å²) in [5.74, 6) is 0.112. The maximum atomic E-state index is 13.0. The van der Waals surface area contributed by atoms with Crippen molar-refractivity contribution < 1.29 is 9.59 Å². The molecule has 0 saturated carbocycles. The molecule has 1 aliphatic heterocycles. The predicted molar refractivity (Wildman–Crippen MR) is 123 cm³/mol. The quantitative estimate of drug-likeness (QED) is 0.472. The van der Waals surface area contributed by atoms with Crippen LogP contribution in [0.1, 0.15) is 21.9 Å². The van der Waals surface area contributed by atoms with E-state index < -0.39 is 5.56 Å².